The van der Waals surface area contributed by atoms with Crippen molar-refractivity contribution in [2.45, 2.75) is 59.0 Å². The van der Waals surface area contributed by atoms with Crippen molar-refractivity contribution >= 4 is 18.1 Å². The lowest BCUT2D eigenvalue weighted by Gasteiger charge is -2.33. The fourth-order valence-corrected chi connectivity index (χ4v) is 4.68. The van der Waals surface area contributed by atoms with Crippen LogP contribution in [0.2, 0.25) is 0 Å². The molecule has 7 nitrogen and oxygen atoms in total. The number of carbonyl (C=O) groups excluding carboxylic acids is 1. The largest absolute Gasteiger partial charge is 0.342 e. The van der Waals surface area contributed by atoms with Crippen LogP contribution in [0.3, 0.4) is 0 Å². The maximum absolute atomic E-state index is 12.9. The third-order valence-electron chi connectivity index (χ3n) is 6.56. The summed E-state index contributed by atoms with van der Waals surface area (Å²) in [5, 5.41) is 8.56. The van der Waals surface area contributed by atoms with E-state index in [2.05, 4.69) is 46.2 Å². The van der Waals surface area contributed by atoms with Gasteiger partial charge in [-0.15, -0.1) is 0 Å². The summed E-state index contributed by atoms with van der Waals surface area (Å²) in [6, 6.07) is 6.19. The first-order valence-corrected chi connectivity index (χ1v) is 11.6. The predicted octanol–water partition coefficient (Wildman–Crippen LogP) is 3.49. The minimum atomic E-state index is 0.165. The van der Waals surface area contributed by atoms with Crippen LogP contribution in [-0.2, 0) is 11.5 Å². The summed E-state index contributed by atoms with van der Waals surface area (Å²) in [6.45, 7) is 8.46. The van der Waals surface area contributed by atoms with E-state index in [1.807, 2.05) is 6.07 Å². The Labute approximate surface area is 183 Å². The molecule has 2 fully saturated rings. The molecule has 162 valence electrons. The molecule has 1 amide bonds. The van der Waals surface area contributed by atoms with E-state index in [9.17, 15) is 4.79 Å². The van der Waals surface area contributed by atoms with Crippen molar-refractivity contribution in [3.63, 3.8) is 0 Å². The molecule has 2 aliphatic heterocycles. The number of piperidine rings is 1. The van der Waals surface area contributed by atoms with E-state index in [0.717, 1.165) is 57.5 Å². The first-order valence-electron chi connectivity index (χ1n) is 11.1. The van der Waals surface area contributed by atoms with Gasteiger partial charge in [0.25, 0.3) is 0 Å². The Morgan fingerprint density at radius 1 is 1.00 bits per heavy atom. The second kappa shape index (κ2) is 9.39. The normalized spacial score (nSPS) is 19.1. The lowest BCUT2D eigenvalue weighted by molar-refractivity contribution is -0.137. The molecular weight excluding hydrogens is 396 g/mol. The van der Waals surface area contributed by atoms with Crippen LogP contribution in [0.1, 0.15) is 49.7 Å². The Morgan fingerprint density at radius 2 is 1.70 bits per heavy atom. The molecule has 0 saturated carbocycles. The lowest BCUT2D eigenvalue weighted by atomic mass is 9.95. The molecule has 0 radical (unpaired) electrons. The van der Waals surface area contributed by atoms with Crippen LogP contribution in [-0.4, -0.2) is 61.7 Å². The summed E-state index contributed by atoms with van der Waals surface area (Å²) in [7, 11) is 0. The lowest BCUT2D eigenvalue weighted by Crippen LogP contribution is -2.43. The van der Waals surface area contributed by atoms with Gasteiger partial charge in [-0.3, -0.25) is 9.69 Å². The van der Waals surface area contributed by atoms with E-state index in [4.69, 9.17) is 12.2 Å². The highest BCUT2D eigenvalue weighted by molar-refractivity contribution is 7.71. The van der Waals surface area contributed by atoms with Crippen molar-refractivity contribution < 1.29 is 4.79 Å². The van der Waals surface area contributed by atoms with Gasteiger partial charge in [-0.25, -0.2) is 4.68 Å². The van der Waals surface area contributed by atoms with Crippen molar-refractivity contribution in [3.05, 3.63) is 34.1 Å². The molecule has 8 heteroatoms. The van der Waals surface area contributed by atoms with Gasteiger partial charge >= 0.3 is 0 Å². The van der Waals surface area contributed by atoms with E-state index in [1.54, 1.807) is 9.36 Å². The molecule has 2 aromatic rings. The molecular formula is C22H32N6OS. The molecule has 1 aromatic heterocycles. The summed E-state index contributed by atoms with van der Waals surface area (Å²) < 4.78 is 4.10. The van der Waals surface area contributed by atoms with E-state index < -0.39 is 0 Å². The molecule has 0 N–H and O–H groups in total. The van der Waals surface area contributed by atoms with Crippen molar-refractivity contribution in [2.24, 2.45) is 5.92 Å². The highest BCUT2D eigenvalue weighted by Crippen LogP contribution is 2.22. The van der Waals surface area contributed by atoms with Crippen molar-refractivity contribution in [1.82, 2.24) is 29.6 Å². The number of nitrogens with zero attached hydrogens (tertiary/aromatic N) is 6. The van der Waals surface area contributed by atoms with Crippen LogP contribution in [0, 0.1) is 24.5 Å². The molecule has 1 aromatic carbocycles. The molecule has 0 spiro atoms. The Bertz CT molecular complexity index is 935. The minimum absolute atomic E-state index is 0.165. The van der Waals surface area contributed by atoms with Crippen molar-refractivity contribution in [1.29, 1.82) is 0 Å². The smallest absolute Gasteiger partial charge is 0.225 e. The number of carbonyl (C=O) groups is 1. The van der Waals surface area contributed by atoms with Crippen LogP contribution in [0.5, 0.6) is 0 Å². The molecule has 2 saturated heterocycles. The molecule has 0 bridgehead atoms. The third kappa shape index (κ3) is 4.64. The minimum Gasteiger partial charge on any atom is -0.342 e. The molecule has 3 heterocycles. The molecule has 4 rings (SSSR count). The van der Waals surface area contributed by atoms with Gasteiger partial charge in [0.15, 0.2) is 0 Å². The molecule has 2 aliphatic rings. The Balaban J connectivity index is 1.35. The van der Waals surface area contributed by atoms with Crippen LogP contribution in [0.4, 0.5) is 0 Å². The Morgan fingerprint density at radius 3 is 2.37 bits per heavy atom. The van der Waals surface area contributed by atoms with Gasteiger partial charge in [-0.1, -0.05) is 18.9 Å². The third-order valence-corrected chi connectivity index (χ3v) is 6.95. The van der Waals surface area contributed by atoms with E-state index in [0.29, 0.717) is 17.3 Å². The zero-order valence-corrected chi connectivity index (χ0v) is 18.9. The monoisotopic (exact) mass is 428 g/mol. The van der Waals surface area contributed by atoms with Gasteiger partial charge in [0, 0.05) is 32.1 Å². The number of hydrogen-bond acceptors (Lipinski definition) is 5. The fraction of sp³-hybridized carbons (Fsp3) is 0.636. The zero-order chi connectivity index (χ0) is 21.1. The summed E-state index contributed by atoms with van der Waals surface area (Å²) >= 11 is 5.63. The average molecular weight is 429 g/mol. The standard InChI is InChI=1S/C22H32N6OS/c1-17-7-8-20(15-18(17)2)28-22(30)27(23-24-28)16-25-13-9-19(10-14-25)21(29)26-11-5-3-4-6-12-26/h7-8,15,19H,3-6,9-14,16H2,1-2H3. The highest BCUT2D eigenvalue weighted by Gasteiger charge is 2.29. The van der Waals surface area contributed by atoms with E-state index in [-0.39, 0.29) is 5.92 Å². The Hall–Kier alpha value is -2.06. The summed E-state index contributed by atoms with van der Waals surface area (Å²) in [6.07, 6.45) is 6.64. The number of aryl methyl sites for hydroxylation is 2. The number of amides is 1. The number of tetrazole rings is 1. The number of hydrogen-bond donors (Lipinski definition) is 0. The molecule has 0 atom stereocenters. The van der Waals surface area contributed by atoms with Crippen molar-refractivity contribution in [3.8, 4) is 5.69 Å². The van der Waals surface area contributed by atoms with Gasteiger partial charge in [-0.05, 0) is 85.4 Å². The van der Waals surface area contributed by atoms with Gasteiger partial charge in [0.1, 0.15) is 0 Å². The molecule has 0 unspecified atom stereocenters. The van der Waals surface area contributed by atoms with Gasteiger partial charge in [0.05, 0.1) is 12.4 Å². The van der Waals surface area contributed by atoms with Gasteiger partial charge in [0.2, 0.25) is 10.7 Å². The summed E-state index contributed by atoms with van der Waals surface area (Å²) in [5.74, 6) is 0.535. The Kier molecular flexibility index (Phi) is 6.63. The first kappa shape index (κ1) is 21.2. The number of aromatic nitrogens is 4. The maximum Gasteiger partial charge on any atom is 0.225 e. The van der Waals surface area contributed by atoms with Gasteiger partial charge in [-0.2, -0.15) is 4.68 Å². The first-order chi connectivity index (χ1) is 14.5. The highest BCUT2D eigenvalue weighted by atomic mass is 32.1. The van der Waals surface area contributed by atoms with Crippen LogP contribution >= 0.6 is 12.2 Å². The zero-order valence-electron chi connectivity index (χ0n) is 18.1. The summed E-state index contributed by atoms with van der Waals surface area (Å²) in [4.78, 5) is 17.3. The quantitative estimate of drug-likeness (QED) is 0.698. The second-order valence-electron chi connectivity index (χ2n) is 8.71. The van der Waals surface area contributed by atoms with E-state index >= 15 is 0 Å². The number of benzene rings is 1. The molecule has 30 heavy (non-hydrogen) atoms. The van der Waals surface area contributed by atoms with Crippen LogP contribution in [0.25, 0.3) is 5.69 Å². The molecule has 0 aliphatic carbocycles. The summed E-state index contributed by atoms with van der Waals surface area (Å²) in [5.41, 5.74) is 3.39. The van der Waals surface area contributed by atoms with E-state index in [1.165, 1.54) is 24.0 Å². The SMILES string of the molecule is Cc1ccc(-n2nnn(CN3CCC(C(=O)N4CCCCCC4)CC3)c2=S)cc1C. The second-order valence-corrected chi connectivity index (χ2v) is 9.08. The number of likely N-dealkylation sites (tertiary alicyclic amines) is 2. The average Bonchev–Trinajstić information content (AvgIpc) is 2.95. The maximum atomic E-state index is 12.9. The van der Waals surface area contributed by atoms with Crippen LogP contribution < -0.4 is 0 Å². The van der Waals surface area contributed by atoms with Gasteiger partial charge < -0.3 is 4.90 Å². The van der Waals surface area contributed by atoms with Crippen molar-refractivity contribution in [2.75, 3.05) is 26.2 Å². The number of rotatable bonds is 4. The van der Waals surface area contributed by atoms with Crippen LogP contribution in [0.15, 0.2) is 18.2 Å². The topological polar surface area (TPSA) is 59.2 Å². The fourth-order valence-electron chi connectivity index (χ4n) is 4.44. The predicted molar refractivity (Wildman–Crippen MR) is 119 cm³/mol.